The van der Waals surface area contributed by atoms with Crippen molar-refractivity contribution in [2.24, 2.45) is 0 Å². The van der Waals surface area contributed by atoms with Crippen LogP contribution in [-0.4, -0.2) is 19.1 Å². The second-order valence-electron chi connectivity index (χ2n) is 15.7. The Morgan fingerprint density at radius 1 is 0.381 bits per heavy atom. The molecule has 0 bridgehead atoms. The minimum absolute atomic E-state index is 0.775. The summed E-state index contributed by atoms with van der Waals surface area (Å²) in [5.74, 6) is 0. The Bertz CT molecular complexity index is 3720. The Balaban J connectivity index is 1.04. The van der Waals surface area contributed by atoms with Crippen molar-refractivity contribution in [2.45, 2.75) is 0 Å². The van der Waals surface area contributed by atoms with E-state index in [0.717, 1.165) is 97.2 Å². The molecule has 5 heterocycles. The zero-order valence-corrected chi connectivity index (χ0v) is 36.3. The summed E-state index contributed by atoms with van der Waals surface area (Å²) in [4.78, 5) is 9.93. The molecular formula is C54H36N4O2P2S. The minimum Gasteiger partial charge on any atom is -0.309 e. The minimum atomic E-state index is -3.22. The highest BCUT2D eigenvalue weighted by atomic mass is 32.1. The van der Waals surface area contributed by atoms with E-state index in [9.17, 15) is 0 Å². The molecule has 0 radical (unpaired) electrons. The molecule has 0 spiro atoms. The van der Waals surface area contributed by atoms with E-state index in [1.165, 1.54) is 0 Å². The van der Waals surface area contributed by atoms with E-state index in [1.54, 1.807) is 11.3 Å². The van der Waals surface area contributed by atoms with E-state index < -0.39 is 14.3 Å². The first-order chi connectivity index (χ1) is 31.0. The predicted molar refractivity (Wildman–Crippen MR) is 265 cm³/mol. The number of benzene rings is 7. The predicted octanol–water partition coefficient (Wildman–Crippen LogP) is 11.2. The Morgan fingerprint density at radius 2 is 0.825 bits per heavy atom. The van der Waals surface area contributed by atoms with Gasteiger partial charge in [0, 0.05) is 86.9 Å². The average molecular weight is 867 g/mol. The van der Waals surface area contributed by atoms with Crippen molar-refractivity contribution in [3.8, 4) is 11.4 Å². The molecule has 12 rings (SSSR count). The molecule has 0 fully saturated rings. The maximum Gasteiger partial charge on any atom is 0.171 e. The maximum atomic E-state index is 15.5. The van der Waals surface area contributed by atoms with Crippen LogP contribution in [0.2, 0.25) is 0 Å². The Kier molecular flexibility index (Phi) is 8.81. The molecule has 63 heavy (non-hydrogen) atoms. The molecule has 0 aliphatic rings. The van der Waals surface area contributed by atoms with Gasteiger partial charge in [-0.15, -0.1) is 11.3 Å². The molecule has 6 nitrogen and oxygen atoms in total. The van der Waals surface area contributed by atoms with Crippen LogP contribution in [0, 0.1) is 0 Å². The van der Waals surface area contributed by atoms with E-state index in [2.05, 4.69) is 69.1 Å². The Hall–Kier alpha value is -7.14. The van der Waals surface area contributed by atoms with Crippen molar-refractivity contribution in [1.29, 1.82) is 0 Å². The van der Waals surface area contributed by atoms with E-state index in [4.69, 9.17) is 9.97 Å². The van der Waals surface area contributed by atoms with Gasteiger partial charge in [-0.2, -0.15) is 0 Å². The number of rotatable bonds is 8. The Morgan fingerprint density at radius 3 is 1.30 bits per heavy atom. The van der Waals surface area contributed by atoms with Gasteiger partial charge < -0.3 is 9.13 Å². The second kappa shape index (κ2) is 14.8. The van der Waals surface area contributed by atoms with E-state index in [1.807, 2.05) is 158 Å². The fourth-order valence-corrected chi connectivity index (χ4v) is 15.6. The van der Waals surface area contributed by atoms with E-state index >= 15 is 9.13 Å². The van der Waals surface area contributed by atoms with Crippen LogP contribution >= 0.6 is 25.6 Å². The number of pyridine rings is 2. The van der Waals surface area contributed by atoms with Gasteiger partial charge in [0.2, 0.25) is 0 Å². The van der Waals surface area contributed by atoms with Crippen LogP contribution in [-0.2, 0) is 9.13 Å². The molecule has 0 amide bonds. The van der Waals surface area contributed by atoms with Crippen LogP contribution in [0.3, 0.4) is 0 Å². The van der Waals surface area contributed by atoms with Crippen LogP contribution in [0.15, 0.2) is 218 Å². The SMILES string of the molecule is O=P(c1ccccc1)(c1ccccc1)c1ccc2c(c1)c1cccnc1n2-c1ccc2scc(-n3c4ccc(P(=O)(c5ccccc5)c5ccccc5)cc4c4cccnc43)c2c1. The summed E-state index contributed by atoms with van der Waals surface area (Å²) in [6.07, 6.45) is 3.67. The number of hydrogen-bond acceptors (Lipinski definition) is 5. The maximum absolute atomic E-state index is 15.5. The zero-order valence-electron chi connectivity index (χ0n) is 33.7. The number of hydrogen-bond donors (Lipinski definition) is 0. The molecular weight excluding hydrogens is 831 g/mol. The van der Waals surface area contributed by atoms with Crippen LogP contribution in [0.25, 0.3) is 65.3 Å². The average Bonchev–Trinajstić information content (AvgIpc) is 4.03. The third-order valence-electron chi connectivity index (χ3n) is 12.3. The number of fused-ring (bicyclic) bond motifs is 7. The lowest BCUT2D eigenvalue weighted by Gasteiger charge is -2.20. The molecule has 0 saturated heterocycles. The highest BCUT2D eigenvalue weighted by Crippen LogP contribution is 2.46. The van der Waals surface area contributed by atoms with E-state index in [0.29, 0.717) is 0 Å². The lowest BCUT2D eigenvalue weighted by Crippen LogP contribution is -2.24. The lowest BCUT2D eigenvalue weighted by molar-refractivity contribution is 0.591. The molecule has 0 saturated carbocycles. The molecule has 7 aromatic carbocycles. The highest BCUT2D eigenvalue weighted by Gasteiger charge is 2.32. The lowest BCUT2D eigenvalue weighted by atomic mass is 10.2. The van der Waals surface area contributed by atoms with Crippen LogP contribution in [0.1, 0.15) is 0 Å². The van der Waals surface area contributed by atoms with Gasteiger partial charge in [0.25, 0.3) is 0 Å². The summed E-state index contributed by atoms with van der Waals surface area (Å²) in [6.45, 7) is 0. The fraction of sp³-hybridized carbons (Fsp3) is 0. The number of thiophene rings is 1. The smallest absolute Gasteiger partial charge is 0.171 e. The summed E-state index contributed by atoms with van der Waals surface area (Å²) in [6, 6.07) is 66.5. The van der Waals surface area contributed by atoms with Crippen molar-refractivity contribution in [1.82, 2.24) is 19.1 Å². The van der Waals surface area contributed by atoms with Gasteiger partial charge in [0.1, 0.15) is 11.3 Å². The molecule has 0 atom stereocenters. The van der Waals surface area contributed by atoms with Crippen molar-refractivity contribution >= 4 is 111 Å². The van der Waals surface area contributed by atoms with E-state index in [-0.39, 0.29) is 0 Å². The first kappa shape index (κ1) is 37.6. The monoisotopic (exact) mass is 866 g/mol. The van der Waals surface area contributed by atoms with Crippen molar-refractivity contribution in [3.05, 3.63) is 218 Å². The van der Waals surface area contributed by atoms with Crippen LogP contribution < -0.4 is 31.8 Å². The number of nitrogens with zero attached hydrogens (tertiary/aromatic N) is 4. The van der Waals surface area contributed by atoms with Gasteiger partial charge in [-0.05, 0) is 78.9 Å². The van der Waals surface area contributed by atoms with Gasteiger partial charge in [-0.25, -0.2) is 9.97 Å². The molecule has 5 aromatic heterocycles. The number of aromatic nitrogens is 4. The topological polar surface area (TPSA) is 69.8 Å². The summed E-state index contributed by atoms with van der Waals surface area (Å²) < 4.78 is 36.6. The fourth-order valence-electron chi connectivity index (χ4n) is 9.33. The summed E-state index contributed by atoms with van der Waals surface area (Å²) in [5.41, 5.74) is 5.59. The van der Waals surface area contributed by atoms with Gasteiger partial charge in [-0.1, -0.05) is 121 Å². The largest absolute Gasteiger partial charge is 0.309 e. The summed E-state index contributed by atoms with van der Waals surface area (Å²) in [5, 5.41) is 12.0. The summed E-state index contributed by atoms with van der Waals surface area (Å²) >= 11 is 1.70. The molecule has 300 valence electrons. The third kappa shape index (κ3) is 5.78. The molecule has 9 heteroatoms. The highest BCUT2D eigenvalue weighted by molar-refractivity contribution is 7.85. The molecule has 12 aromatic rings. The van der Waals surface area contributed by atoms with Crippen LogP contribution in [0.4, 0.5) is 0 Å². The molecule has 0 aliphatic heterocycles. The summed E-state index contributed by atoms with van der Waals surface area (Å²) in [7, 11) is -6.44. The first-order valence-corrected chi connectivity index (χ1v) is 25.1. The first-order valence-electron chi connectivity index (χ1n) is 20.8. The van der Waals surface area contributed by atoms with Gasteiger partial charge in [0.05, 0.1) is 16.7 Å². The van der Waals surface area contributed by atoms with Gasteiger partial charge in [0.15, 0.2) is 14.3 Å². The molecule has 0 unspecified atom stereocenters. The zero-order chi connectivity index (χ0) is 42.1. The third-order valence-corrected chi connectivity index (χ3v) is 19.3. The van der Waals surface area contributed by atoms with Crippen molar-refractivity contribution in [3.63, 3.8) is 0 Å². The Labute approximate surface area is 367 Å². The second-order valence-corrected chi connectivity index (χ2v) is 22.1. The van der Waals surface area contributed by atoms with Crippen molar-refractivity contribution < 1.29 is 9.13 Å². The van der Waals surface area contributed by atoms with Gasteiger partial charge in [-0.3, -0.25) is 9.13 Å². The molecule has 0 N–H and O–H groups in total. The normalized spacial score (nSPS) is 12.3. The van der Waals surface area contributed by atoms with Crippen LogP contribution in [0.5, 0.6) is 0 Å². The quantitative estimate of drug-likeness (QED) is 0.143. The standard InChI is InChI=1S/C54H36N4O2P2S/c59-61(38-15-5-1-6-16-38,39-17-7-2-8-18-39)42-26-28-49-46(34-42)44-23-13-31-55-53(44)57(49)37-25-30-52-48(33-37)51(36-63-52)58-50-29-27-43(35-47(50)45-24-14-32-56-54(45)58)62(60,40-19-9-3-10-20-40)41-21-11-4-12-22-41/h1-36H. The molecule has 0 aliphatic carbocycles. The van der Waals surface area contributed by atoms with Crippen molar-refractivity contribution in [2.75, 3.05) is 0 Å². The van der Waals surface area contributed by atoms with Gasteiger partial charge >= 0.3 is 0 Å².